The topological polar surface area (TPSA) is 0 Å². The zero-order valence-corrected chi connectivity index (χ0v) is 18.9. The second-order valence-electron chi connectivity index (χ2n) is 4.64. The van der Waals surface area contributed by atoms with Gasteiger partial charge in [0.15, 0.2) is 0 Å². The van der Waals surface area contributed by atoms with Crippen LogP contribution in [0.3, 0.4) is 0 Å². The van der Waals surface area contributed by atoms with E-state index < -0.39 is 0 Å². The number of hydrogen-bond acceptors (Lipinski definition) is 0. The van der Waals surface area contributed by atoms with Crippen molar-refractivity contribution in [1.29, 1.82) is 0 Å². The number of fused-ring (bicyclic) bond motifs is 3. The normalized spacial score (nSPS) is 9.20. The van der Waals surface area contributed by atoms with Gasteiger partial charge < -0.3 is 24.8 Å². The molecule has 1 aliphatic carbocycles. The Hall–Kier alpha value is -0.427. The molecule has 3 aromatic rings. The molecule has 0 unspecified atom stereocenters. The standard InChI is InChI=1S/C13H7Cl2.C5H5.C2H4.2ClH.Zr/c14-10-1-3-12-8(6-10)5-9-7-11(15)2-4-13(9)12;1-2-4-5-3-1;1-2;;;/h1-4,6H,5H2;1-5H;1-2H2;2*1H;/q2*-1;;;;+4/p-2. The summed E-state index contributed by atoms with van der Waals surface area (Å²) in [5.74, 6) is 0. The van der Waals surface area contributed by atoms with Crippen LogP contribution in [0.25, 0.3) is 11.1 Å². The molecule has 4 rings (SSSR count). The van der Waals surface area contributed by atoms with Crippen molar-refractivity contribution in [3.8, 4) is 11.1 Å². The summed E-state index contributed by atoms with van der Waals surface area (Å²) in [7, 11) is 0. The van der Waals surface area contributed by atoms with Crippen LogP contribution in [-0.2, 0) is 32.6 Å². The van der Waals surface area contributed by atoms with E-state index in [4.69, 9.17) is 23.2 Å². The molecule has 0 aromatic heterocycles. The van der Waals surface area contributed by atoms with Crippen LogP contribution in [0.2, 0.25) is 10.0 Å². The summed E-state index contributed by atoms with van der Waals surface area (Å²) in [6.45, 7) is 6.00. The maximum absolute atomic E-state index is 5.96. The summed E-state index contributed by atoms with van der Waals surface area (Å²) in [6.07, 6.45) is 0.881. The van der Waals surface area contributed by atoms with E-state index in [0.717, 1.165) is 11.4 Å². The van der Waals surface area contributed by atoms with Crippen LogP contribution in [0.5, 0.6) is 0 Å². The minimum Gasteiger partial charge on any atom is -1.00 e. The number of benzene rings is 2. The smallest absolute Gasteiger partial charge is 1.00 e. The van der Waals surface area contributed by atoms with Crippen molar-refractivity contribution >= 4 is 23.2 Å². The summed E-state index contributed by atoms with van der Waals surface area (Å²) >= 11 is 11.9. The predicted molar refractivity (Wildman–Crippen MR) is 96.8 cm³/mol. The van der Waals surface area contributed by atoms with Gasteiger partial charge in [0, 0.05) is 5.02 Å². The predicted octanol–water partition coefficient (Wildman–Crippen LogP) is 0.578. The molecule has 0 heterocycles. The number of rotatable bonds is 0. The molecule has 0 atom stereocenters. The Morgan fingerprint density at radius 3 is 2.08 bits per heavy atom. The SMILES string of the molecule is C=C.Clc1[c-]c2c(cc1)-c1ccc(Cl)cc1C2.[Cl-].[Cl-].[Zr+4].c1cc[cH-]c1. The third-order valence-electron chi connectivity index (χ3n) is 3.27. The molecular weight excluding hydrogens is 473 g/mol. The third-order valence-corrected chi connectivity index (χ3v) is 3.73. The van der Waals surface area contributed by atoms with E-state index in [9.17, 15) is 0 Å². The molecule has 0 N–H and O–H groups in total. The largest absolute Gasteiger partial charge is 4.00 e. The minimum absolute atomic E-state index is 0. The van der Waals surface area contributed by atoms with Gasteiger partial charge in [-0.1, -0.05) is 28.3 Å². The molecule has 0 bridgehead atoms. The first kappa shape index (κ1) is 26.8. The first-order valence-corrected chi connectivity index (χ1v) is 7.66. The summed E-state index contributed by atoms with van der Waals surface area (Å²) < 4.78 is 0. The van der Waals surface area contributed by atoms with Gasteiger partial charge in [-0.2, -0.15) is 36.4 Å². The van der Waals surface area contributed by atoms with Gasteiger partial charge in [-0.25, -0.2) is 12.1 Å². The zero-order chi connectivity index (χ0) is 15.9. The van der Waals surface area contributed by atoms with E-state index in [1.54, 1.807) is 0 Å². The van der Waals surface area contributed by atoms with Crippen molar-refractivity contribution in [3.05, 3.63) is 101 Å². The second-order valence-corrected chi connectivity index (χ2v) is 5.48. The van der Waals surface area contributed by atoms with Crippen molar-refractivity contribution in [2.45, 2.75) is 6.42 Å². The summed E-state index contributed by atoms with van der Waals surface area (Å²) in [6, 6.07) is 23.1. The molecule has 0 saturated carbocycles. The minimum atomic E-state index is 0. The molecular formula is C20H16Cl4Zr. The fraction of sp³-hybridized carbons (Fsp3) is 0.0500. The summed E-state index contributed by atoms with van der Waals surface area (Å²) in [5, 5.41) is 1.46. The fourth-order valence-corrected chi connectivity index (χ4v) is 2.76. The van der Waals surface area contributed by atoms with Crippen molar-refractivity contribution in [3.63, 3.8) is 0 Å². The van der Waals surface area contributed by atoms with Crippen LogP contribution in [0.4, 0.5) is 0 Å². The van der Waals surface area contributed by atoms with Crippen LogP contribution in [0, 0.1) is 6.07 Å². The maximum Gasteiger partial charge on any atom is 4.00 e. The Kier molecular flexibility index (Phi) is 14.7. The van der Waals surface area contributed by atoms with E-state index in [0.29, 0.717) is 5.02 Å². The van der Waals surface area contributed by atoms with Gasteiger partial charge >= 0.3 is 26.2 Å². The van der Waals surface area contributed by atoms with Crippen molar-refractivity contribution in [2.24, 2.45) is 0 Å². The third kappa shape index (κ3) is 7.37. The van der Waals surface area contributed by atoms with Crippen LogP contribution in [0.15, 0.2) is 73.8 Å². The molecule has 5 heteroatoms. The van der Waals surface area contributed by atoms with Gasteiger partial charge in [0.25, 0.3) is 0 Å². The summed E-state index contributed by atoms with van der Waals surface area (Å²) in [4.78, 5) is 0. The van der Waals surface area contributed by atoms with E-state index in [1.165, 1.54) is 22.3 Å². The van der Waals surface area contributed by atoms with E-state index in [1.807, 2.05) is 54.6 Å². The fourth-order valence-electron chi connectivity index (χ4n) is 2.38. The number of hydrogen-bond donors (Lipinski definition) is 0. The molecule has 0 aliphatic heterocycles. The Morgan fingerprint density at radius 2 is 1.52 bits per heavy atom. The van der Waals surface area contributed by atoms with Crippen LogP contribution >= 0.6 is 23.2 Å². The Bertz CT molecular complexity index is 673. The van der Waals surface area contributed by atoms with Crippen LogP contribution in [0.1, 0.15) is 11.1 Å². The molecule has 3 aromatic carbocycles. The Morgan fingerprint density at radius 1 is 0.920 bits per heavy atom. The van der Waals surface area contributed by atoms with Gasteiger partial charge in [0.1, 0.15) is 0 Å². The average molecular weight is 489 g/mol. The van der Waals surface area contributed by atoms with E-state index in [-0.39, 0.29) is 51.0 Å². The molecule has 0 radical (unpaired) electrons. The van der Waals surface area contributed by atoms with Crippen molar-refractivity contribution in [2.75, 3.05) is 0 Å². The van der Waals surface area contributed by atoms with Crippen LogP contribution in [-0.4, -0.2) is 0 Å². The second kappa shape index (κ2) is 13.7. The number of halogens is 4. The molecule has 0 amide bonds. The first-order chi connectivity index (χ1) is 10.7. The quantitative estimate of drug-likeness (QED) is 0.251. The van der Waals surface area contributed by atoms with E-state index in [2.05, 4.69) is 25.3 Å². The van der Waals surface area contributed by atoms with Gasteiger partial charge in [0.05, 0.1) is 0 Å². The Balaban J connectivity index is 0. The van der Waals surface area contributed by atoms with Gasteiger partial charge in [-0.3, -0.25) is 0 Å². The average Bonchev–Trinajstić information content (AvgIpc) is 3.19. The monoisotopic (exact) mass is 486 g/mol. The summed E-state index contributed by atoms with van der Waals surface area (Å²) in [5.41, 5.74) is 4.91. The molecule has 0 nitrogen and oxygen atoms in total. The van der Waals surface area contributed by atoms with Crippen molar-refractivity contribution < 1.29 is 51.0 Å². The molecule has 0 fully saturated rings. The van der Waals surface area contributed by atoms with Gasteiger partial charge in [-0.05, 0) is 24.1 Å². The van der Waals surface area contributed by atoms with Gasteiger partial charge in [-0.15, -0.1) is 35.9 Å². The van der Waals surface area contributed by atoms with Crippen molar-refractivity contribution in [1.82, 2.24) is 0 Å². The molecule has 1 aliphatic rings. The van der Waals surface area contributed by atoms with Gasteiger partial charge in [0.2, 0.25) is 0 Å². The zero-order valence-electron chi connectivity index (χ0n) is 13.4. The molecule has 0 spiro atoms. The van der Waals surface area contributed by atoms with E-state index >= 15 is 0 Å². The molecule has 0 saturated heterocycles. The Labute approximate surface area is 191 Å². The molecule has 25 heavy (non-hydrogen) atoms. The van der Waals surface area contributed by atoms with Crippen LogP contribution < -0.4 is 24.8 Å². The maximum atomic E-state index is 5.96. The first-order valence-electron chi connectivity index (χ1n) is 6.90. The molecule has 128 valence electrons.